The quantitative estimate of drug-likeness (QED) is 0.784. The van der Waals surface area contributed by atoms with Crippen molar-refractivity contribution >= 4 is 30.5 Å². The SMILES string of the molecule is Cc1ncn(-c2ccc(N)cc2)n1.Cl.Cl. The van der Waals surface area contributed by atoms with Gasteiger partial charge in [0.2, 0.25) is 0 Å². The van der Waals surface area contributed by atoms with Crippen LogP contribution < -0.4 is 5.73 Å². The van der Waals surface area contributed by atoms with E-state index < -0.39 is 0 Å². The highest BCUT2D eigenvalue weighted by atomic mass is 35.5. The van der Waals surface area contributed by atoms with Crippen LogP contribution in [0, 0.1) is 6.92 Å². The summed E-state index contributed by atoms with van der Waals surface area (Å²) >= 11 is 0. The Morgan fingerprint density at radius 3 is 2.20 bits per heavy atom. The number of aryl methyl sites for hydroxylation is 1. The molecule has 82 valence electrons. The monoisotopic (exact) mass is 246 g/mol. The summed E-state index contributed by atoms with van der Waals surface area (Å²) in [6.45, 7) is 1.85. The van der Waals surface area contributed by atoms with Crippen LogP contribution >= 0.6 is 24.8 Å². The van der Waals surface area contributed by atoms with Gasteiger partial charge < -0.3 is 5.73 Å². The molecule has 2 aromatic rings. The van der Waals surface area contributed by atoms with E-state index in [4.69, 9.17) is 5.73 Å². The smallest absolute Gasteiger partial charge is 0.147 e. The summed E-state index contributed by atoms with van der Waals surface area (Å²) < 4.78 is 1.72. The zero-order valence-corrected chi connectivity index (χ0v) is 9.76. The lowest BCUT2D eigenvalue weighted by Crippen LogP contribution is -1.95. The first-order valence-electron chi connectivity index (χ1n) is 4.00. The molecule has 0 amide bonds. The zero-order valence-electron chi connectivity index (χ0n) is 8.12. The van der Waals surface area contributed by atoms with Crippen LogP contribution in [0.3, 0.4) is 0 Å². The molecule has 0 saturated carbocycles. The number of nitrogen functional groups attached to an aromatic ring is 1. The Balaban J connectivity index is 0.000000980. The molecule has 0 fully saturated rings. The van der Waals surface area contributed by atoms with Crippen molar-refractivity contribution in [1.82, 2.24) is 14.8 Å². The maximum absolute atomic E-state index is 5.56. The molecule has 4 nitrogen and oxygen atoms in total. The molecule has 2 rings (SSSR count). The van der Waals surface area contributed by atoms with Crippen molar-refractivity contribution in [2.24, 2.45) is 0 Å². The largest absolute Gasteiger partial charge is 0.399 e. The van der Waals surface area contributed by atoms with E-state index in [0.29, 0.717) is 0 Å². The molecule has 1 aromatic carbocycles. The van der Waals surface area contributed by atoms with Gasteiger partial charge in [-0.05, 0) is 31.2 Å². The minimum Gasteiger partial charge on any atom is -0.399 e. The lowest BCUT2D eigenvalue weighted by molar-refractivity contribution is 0.863. The molecule has 0 aliphatic heterocycles. The number of anilines is 1. The molecule has 1 aromatic heterocycles. The lowest BCUT2D eigenvalue weighted by atomic mass is 10.3. The second-order valence-corrected chi connectivity index (χ2v) is 2.83. The molecule has 0 bridgehead atoms. The van der Waals surface area contributed by atoms with Crippen LogP contribution in [-0.2, 0) is 0 Å². The molecule has 1 heterocycles. The number of nitrogens with zero attached hydrogens (tertiary/aromatic N) is 3. The molecule has 0 spiro atoms. The van der Waals surface area contributed by atoms with Crippen LogP contribution in [0.5, 0.6) is 0 Å². The van der Waals surface area contributed by atoms with E-state index in [1.165, 1.54) is 0 Å². The molecule has 0 unspecified atom stereocenters. The third-order valence-corrected chi connectivity index (χ3v) is 1.76. The first-order chi connectivity index (χ1) is 6.25. The predicted octanol–water partition coefficient (Wildman–Crippen LogP) is 2.00. The average Bonchev–Trinajstić information content (AvgIpc) is 2.53. The van der Waals surface area contributed by atoms with Gasteiger partial charge in [-0.25, -0.2) is 9.67 Å². The Morgan fingerprint density at radius 1 is 1.13 bits per heavy atom. The molecule has 6 heteroatoms. The molecule has 15 heavy (non-hydrogen) atoms. The Hall–Kier alpha value is -1.26. The van der Waals surface area contributed by atoms with Gasteiger partial charge in [-0.15, -0.1) is 24.8 Å². The van der Waals surface area contributed by atoms with Gasteiger partial charge in [0.25, 0.3) is 0 Å². The van der Waals surface area contributed by atoms with Crippen molar-refractivity contribution in [1.29, 1.82) is 0 Å². The van der Waals surface area contributed by atoms with Crippen molar-refractivity contribution in [3.63, 3.8) is 0 Å². The van der Waals surface area contributed by atoms with Crippen molar-refractivity contribution in [2.45, 2.75) is 6.92 Å². The van der Waals surface area contributed by atoms with Gasteiger partial charge in [-0.2, -0.15) is 5.10 Å². The fourth-order valence-electron chi connectivity index (χ4n) is 1.10. The van der Waals surface area contributed by atoms with Gasteiger partial charge in [0.05, 0.1) is 5.69 Å². The highest BCUT2D eigenvalue weighted by molar-refractivity contribution is 5.85. The van der Waals surface area contributed by atoms with E-state index >= 15 is 0 Å². The topological polar surface area (TPSA) is 56.7 Å². The third kappa shape index (κ3) is 3.11. The van der Waals surface area contributed by atoms with Gasteiger partial charge in [0.15, 0.2) is 0 Å². The number of benzene rings is 1. The fourth-order valence-corrected chi connectivity index (χ4v) is 1.10. The van der Waals surface area contributed by atoms with Crippen molar-refractivity contribution < 1.29 is 0 Å². The second-order valence-electron chi connectivity index (χ2n) is 2.83. The van der Waals surface area contributed by atoms with Crippen LogP contribution in [0.4, 0.5) is 5.69 Å². The fraction of sp³-hybridized carbons (Fsp3) is 0.111. The number of hydrogen-bond donors (Lipinski definition) is 1. The van der Waals surface area contributed by atoms with Crippen molar-refractivity contribution in [3.8, 4) is 5.69 Å². The standard InChI is InChI=1S/C9H10N4.2ClH/c1-7-11-6-13(12-7)9-4-2-8(10)3-5-9;;/h2-6H,10H2,1H3;2*1H. The molecule has 0 aliphatic rings. The molecule has 2 N–H and O–H groups in total. The van der Waals surface area contributed by atoms with E-state index in [9.17, 15) is 0 Å². The van der Waals surface area contributed by atoms with E-state index in [1.54, 1.807) is 11.0 Å². The van der Waals surface area contributed by atoms with E-state index in [-0.39, 0.29) is 24.8 Å². The summed E-state index contributed by atoms with van der Waals surface area (Å²) in [7, 11) is 0. The summed E-state index contributed by atoms with van der Waals surface area (Å²) in [6.07, 6.45) is 1.68. The number of hydrogen-bond acceptors (Lipinski definition) is 3. The molecular formula is C9H12Cl2N4. The minimum atomic E-state index is 0. The zero-order chi connectivity index (χ0) is 9.26. The predicted molar refractivity (Wildman–Crippen MR) is 65.0 cm³/mol. The van der Waals surface area contributed by atoms with Crippen LogP contribution in [0.15, 0.2) is 30.6 Å². The lowest BCUT2D eigenvalue weighted by Gasteiger charge is -1.99. The number of rotatable bonds is 1. The summed E-state index contributed by atoms with van der Waals surface area (Å²) in [5.74, 6) is 0.761. The normalized spacial score (nSPS) is 8.87. The molecule has 0 saturated heterocycles. The average molecular weight is 247 g/mol. The van der Waals surface area contributed by atoms with Crippen LogP contribution in [0.25, 0.3) is 5.69 Å². The summed E-state index contributed by atoms with van der Waals surface area (Å²) in [5.41, 5.74) is 7.28. The van der Waals surface area contributed by atoms with Gasteiger partial charge in [-0.3, -0.25) is 0 Å². The summed E-state index contributed by atoms with van der Waals surface area (Å²) in [5, 5.41) is 4.18. The van der Waals surface area contributed by atoms with E-state index in [2.05, 4.69) is 10.1 Å². The second kappa shape index (κ2) is 5.58. The number of halogens is 2. The van der Waals surface area contributed by atoms with Crippen LogP contribution in [0.1, 0.15) is 5.82 Å². The highest BCUT2D eigenvalue weighted by Crippen LogP contribution is 2.08. The Labute approximate surface area is 100 Å². The van der Waals surface area contributed by atoms with Gasteiger partial charge in [0.1, 0.15) is 12.2 Å². The van der Waals surface area contributed by atoms with Crippen molar-refractivity contribution in [3.05, 3.63) is 36.4 Å². The first-order valence-corrected chi connectivity index (χ1v) is 4.00. The van der Waals surface area contributed by atoms with Crippen molar-refractivity contribution in [2.75, 3.05) is 5.73 Å². The maximum Gasteiger partial charge on any atom is 0.147 e. The molecule has 0 aliphatic carbocycles. The Kier molecular flexibility index (Phi) is 5.11. The Morgan fingerprint density at radius 2 is 1.73 bits per heavy atom. The maximum atomic E-state index is 5.56. The van der Waals surface area contributed by atoms with Crippen LogP contribution in [0.2, 0.25) is 0 Å². The summed E-state index contributed by atoms with van der Waals surface area (Å²) in [4.78, 5) is 4.04. The van der Waals surface area contributed by atoms with Crippen LogP contribution in [-0.4, -0.2) is 14.8 Å². The molecule has 0 radical (unpaired) electrons. The van der Waals surface area contributed by atoms with Gasteiger partial charge in [0, 0.05) is 5.69 Å². The minimum absolute atomic E-state index is 0. The number of aromatic nitrogens is 3. The van der Waals surface area contributed by atoms with Gasteiger partial charge >= 0.3 is 0 Å². The first kappa shape index (κ1) is 13.7. The number of nitrogens with two attached hydrogens (primary N) is 1. The van der Waals surface area contributed by atoms with E-state index in [0.717, 1.165) is 17.2 Å². The highest BCUT2D eigenvalue weighted by Gasteiger charge is 1.97. The Bertz CT molecular complexity index is 410. The van der Waals surface area contributed by atoms with E-state index in [1.807, 2.05) is 31.2 Å². The molecule has 0 atom stereocenters. The molecular weight excluding hydrogens is 235 g/mol. The van der Waals surface area contributed by atoms with Gasteiger partial charge in [-0.1, -0.05) is 0 Å². The summed E-state index contributed by atoms with van der Waals surface area (Å²) in [6, 6.07) is 7.49. The third-order valence-electron chi connectivity index (χ3n) is 1.76.